The van der Waals surface area contributed by atoms with Crippen LogP contribution in [0.15, 0.2) is 18.2 Å². The third kappa shape index (κ3) is 1.53. The number of hydrogen-bond donors (Lipinski definition) is 1. The van der Waals surface area contributed by atoms with Gasteiger partial charge in [-0.2, -0.15) is 0 Å². The van der Waals surface area contributed by atoms with Gasteiger partial charge in [-0.3, -0.25) is 4.79 Å². The number of Topliss-reactive ketones (excluding diaryl/α,β-unsaturated/α-hetero) is 1. The summed E-state index contributed by atoms with van der Waals surface area (Å²) >= 11 is 0. The molecule has 1 aliphatic rings. The molecule has 3 nitrogen and oxygen atoms in total. The number of carbonyl (C=O) groups excluding carboxylic acids is 1. The lowest BCUT2D eigenvalue weighted by Gasteiger charge is -2.15. The molecule has 1 aliphatic heterocycles. The SMILES string of the molecule is CC(O)c1ccc2c(c1)OC(C)(C)C2=O. The van der Waals surface area contributed by atoms with Crippen LogP contribution in [-0.2, 0) is 0 Å². The Bertz CT molecular complexity index is 419. The summed E-state index contributed by atoms with van der Waals surface area (Å²) < 4.78 is 5.54. The molecule has 0 fully saturated rings. The molecule has 0 saturated heterocycles. The summed E-state index contributed by atoms with van der Waals surface area (Å²) in [5.41, 5.74) is 0.586. The molecular weight excluding hydrogens is 192 g/mol. The molecule has 0 aromatic heterocycles. The van der Waals surface area contributed by atoms with Gasteiger partial charge in [-0.1, -0.05) is 6.07 Å². The molecule has 1 aromatic rings. The summed E-state index contributed by atoms with van der Waals surface area (Å²) in [6.07, 6.45) is -0.544. The van der Waals surface area contributed by atoms with Crippen molar-refractivity contribution in [3.63, 3.8) is 0 Å². The molecule has 0 bridgehead atoms. The van der Waals surface area contributed by atoms with E-state index >= 15 is 0 Å². The molecule has 1 unspecified atom stereocenters. The lowest BCUT2D eigenvalue weighted by Crippen LogP contribution is -2.31. The van der Waals surface area contributed by atoms with E-state index in [9.17, 15) is 9.90 Å². The van der Waals surface area contributed by atoms with Gasteiger partial charge < -0.3 is 9.84 Å². The second-order valence-corrected chi connectivity index (χ2v) is 4.37. The van der Waals surface area contributed by atoms with Gasteiger partial charge >= 0.3 is 0 Å². The van der Waals surface area contributed by atoms with E-state index in [1.165, 1.54) is 0 Å². The highest BCUT2D eigenvalue weighted by molar-refractivity contribution is 6.07. The van der Waals surface area contributed by atoms with E-state index < -0.39 is 11.7 Å². The van der Waals surface area contributed by atoms with Gasteiger partial charge in [0.05, 0.1) is 11.7 Å². The van der Waals surface area contributed by atoms with E-state index in [0.29, 0.717) is 11.3 Å². The first-order valence-electron chi connectivity index (χ1n) is 4.97. The largest absolute Gasteiger partial charge is 0.479 e. The fourth-order valence-corrected chi connectivity index (χ4v) is 1.72. The molecule has 2 rings (SSSR count). The van der Waals surface area contributed by atoms with E-state index in [1.807, 2.05) is 0 Å². The number of benzene rings is 1. The Hall–Kier alpha value is -1.35. The maximum Gasteiger partial charge on any atom is 0.209 e. The average Bonchev–Trinajstić information content (AvgIpc) is 2.37. The molecule has 0 spiro atoms. The monoisotopic (exact) mass is 206 g/mol. The number of ether oxygens (including phenoxy) is 1. The van der Waals surface area contributed by atoms with Crippen LogP contribution in [0.1, 0.15) is 42.8 Å². The van der Waals surface area contributed by atoms with E-state index in [0.717, 1.165) is 5.56 Å². The smallest absolute Gasteiger partial charge is 0.209 e. The van der Waals surface area contributed by atoms with Crippen molar-refractivity contribution in [3.8, 4) is 5.75 Å². The van der Waals surface area contributed by atoms with Gasteiger partial charge in [0, 0.05) is 0 Å². The number of aliphatic hydroxyl groups is 1. The second-order valence-electron chi connectivity index (χ2n) is 4.37. The van der Waals surface area contributed by atoms with Crippen LogP contribution < -0.4 is 4.74 Å². The Kier molecular flexibility index (Phi) is 2.08. The zero-order valence-electron chi connectivity index (χ0n) is 9.07. The Labute approximate surface area is 88.7 Å². The van der Waals surface area contributed by atoms with Crippen LogP contribution in [-0.4, -0.2) is 16.5 Å². The van der Waals surface area contributed by atoms with Crippen molar-refractivity contribution in [2.24, 2.45) is 0 Å². The van der Waals surface area contributed by atoms with Crippen LogP contribution in [0.4, 0.5) is 0 Å². The summed E-state index contributed by atoms with van der Waals surface area (Å²) in [6.45, 7) is 5.18. The first-order chi connectivity index (χ1) is 6.92. The van der Waals surface area contributed by atoms with Gasteiger partial charge in [0.25, 0.3) is 0 Å². The lowest BCUT2D eigenvalue weighted by atomic mass is 9.98. The molecule has 0 amide bonds. The van der Waals surface area contributed by atoms with Gasteiger partial charge in [-0.15, -0.1) is 0 Å². The fraction of sp³-hybridized carbons (Fsp3) is 0.417. The van der Waals surface area contributed by atoms with Crippen LogP contribution in [0.25, 0.3) is 0 Å². The summed E-state index contributed by atoms with van der Waals surface area (Å²) in [7, 11) is 0. The molecular formula is C12H14O3. The molecule has 0 radical (unpaired) electrons. The first kappa shape index (κ1) is 10.2. The number of hydrogen-bond acceptors (Lipinski definition) is 3. The molecule has 0 aliphatic carbocycles. The van der Waals surface area contributed by atoms with Gasteiger partial charge in [0.15, 0.2) is 5.60 Å². The minimum absolute atomic E-state index is 0.00496. The standard InChI is InChI=1S/C12H14O3/c1-7(13)8-4-5-9-10(6-8)15-12(2,3)11(9)14/h4-7,13H,1-3H3. The van der Waals surface area contributed by atoms with Crippen LogP contribution in [0.5, 0.6) is 5.75 Å². The summed E-state index contributed by atoms with van der Waals surface area (Å²) in [6, 6.07) is 5.20. The fourth-order valence-electron chi connectivity index (χ4n) is 1.72. The van der Waals surface area contributed by atoms with Crippen molar-refractivity contribution in [2.75, 3.05) is 0 Å². The van der Waals surface area contributed by atoms with E-state index in [4.69, 9.17) is 4.74 Å². The Balaban J connectivity index is 2.47. The van der Waals surface area contributed by atoms with Crippen LogP contribution >= 0.6 is 0 Å². The predicted octanol–water partition coefficient (Wildman–Crippen LogP) is 2.09. The summed E-state index contributed by atoms with van der Waals surface area (Å²) in [4.78, 5) is 11.8. The minimum atomic E-state index is -0.778. The van der Waals surface area contributed by atoms with Crippen LogP contribution in [0.3, 0.4) is 0 Å². The van der Waals surface area contributed by atoms with Crippen molar-refractivity contribution in [1.82, 2.24) is 0 Å². The highest BCUT2D eigenvalue weighted by Gasteiger charge is 2.39. The molecule has 1 heterocycles. The zero-order valence-corrected chi connectivity index (χ0v) is 9.07. The molecule has 80 valence electrons. The summed E-state index contributed by atoms with van der Waals surface area (Å²) in [5, 5.41) is 9.41. The van der Waals surface area contributed by atoms with Gasteiger partial charge in [-0.05, 0) is 38.5 Å². The number of carbonyl (C=O) groups is 1. The van der Waals surface area contributed by atoms with Crippen LogP contribution in [0.2, 0.25) is 0 Å². The third-order valence-electron chi connectivity index (χ3n) is 2.64. The molecule has 1 N–H and O–H groups in total. The number of fused-ring (bicyclic) bond motifs is 1. The van der Waals surface area contributed by atoms with Gasteiger partial charge in [0.1, 0.15) is 5.75 Å². The average molecular weight is 206 g/mol. The van der Waals surface area contributed by atoms with E-state index in [2.05, 4.69) is 0 Å². The number of aliphatic hydroxyl groups excluding tert-OH is 1. The molecule has 15 heavy (non-hydrogen) atoms. The van der Waals surface area contributed by atoms with Crippen molar-refractivity contribution < 1.29 is 14.6 Å². The Morgan fingerprint density at radius 3 is 2.67 bits per heavy atom. The molecule has 0 saturated carbocycles. The maximum absolute atomic E-state index is 11.8. The van der Waals surface area contributed by atoms with Crippen LogP contribution in [0, 0.1) is 0 Å². The minimum Gasteiger partial charge on any atom is -0.479 e. The van der Waals surface area contributed by atoms with Gasteiger partial charge in [-0.25, -0.2) is 0 Å². The Morgan fingerprint density at radius 2 is 2.07 bits per heavy atom. The van der Waals surface area contributed by atoms with Gasteiger partial charge in [0.2, 0.25) is 5.78 Å². The van der Waals surface area contributed by atoms with E-state index in [1.54, 1.807) is 39.0 Å². The number of ketones is 1. The summed E-state index contributed by atoms with van der Waals surface area (Å²) in [5.74, 6) is 0.568. The quantitative estimate of drug-likeness (QED) is 0.765. The van der Waals surface area contributed by atoms with Crippen molar-refractivity contribution in [1.29, 1.82) is 0 Å². The molecule has 3 heteroatoms. The van der Waals surface area contributed by atoms with Crippen molar-refractivity contribution in [3.05, 3.63) is 29.3 Å². The third-order valence-corrected chi connectivity index (χ3v) is 2.64. The normalized spacial score (nSPS) is 19.6. The first-order valence-corrected chi connectivity index (χ1v) is 4.97. The van der Waals surface area contributed by atoms with Crippen molar-refractivity contribution >= 4 is 5.78 Å². The highest BCUT2D eigenvalue weighted by atomic mass is 16.5. The lowest BCUT2D eigenvalue weighted by molar-refractivity contribution is 0.0684. The highest BCUT2D eigenvalue weighted by Crippen LogP contribution is 2.36. The number of rotatable bonds is 1. The Morgan fingerprint density at radius 1 is 1.40 bits per heavy atom. The van der Waals surface area contributed by atoms with Crippen molar-refractivity contribution in [2.45, 2.75) is 32.5 Å². The second kappa shape index (κ2) is 3.07. The maximum atomic E-state index is 11.8. The topological polar surface area (TPSA) is 46.5 Å². The zero-order chi connectivity index (χ0) is 11.2. The molecule has 1 atom stereocenters. The van der Waals surface area contributed by atoms with E-state index in [-0.39, 0.29) is 5.78 Å². The molecule has 1 aromatic carbocycles. The predicted molar refractivity (Wildman–Crippen MR) is 56.1 cm³/mol.